The predicted octanol–water partition coefficient (Wildman–Crippen LogP) is 4.66. The fourth-order valence-electron chi connectivity index (χ4n) is 5.52. The third-order valence-electron chi connectivity index (χ3n) is 6.96. The molecule has 6 N–H and O–H groups in total. The van der Waals surface area contributed by atoms with Gasteiger partial charge in [-0.3, -0.25) is 0 Å². The number of hydrogen-bond acceptors (Lipinski definition) is 7. The molecule has 1 aliphatic heterocycles. The van der Waals surface area contributed by atoms with Crippen molar-refractivity contribution >= 4 is 0 Å². The van der Waals surface area contributed by atoms with E-state index in [4.69, 9.17) is 4.74 Å². The van der Waals surface area contributed by atoms with E-state index in [0.717, 1.165) is 5.56 Å². The molecule has 1 aliphatic carbocycles. The fourth-order valence-corrected chi connectivity index (χ4v) is 5.52. The Labute approximate surface area is 200 Å². The molecule has 0 unspecified atom stereocenters. The first kappa shape index (κ1) is 21.2. The molecule has 7 heteroatoms. The second-order valence-corrected chi connectivity index (χ2v) is 9.04. The minimum atomic E-state index is -1.18. The maximum atomic E-state index is 11.7. The number of hydrogen-bond donors (Lipinski definition) is 6. The normalized spacial score (nSPS) is 22.1. The maximum Gasteiger partial charge on any atom is 0.135 e. The van der Waals surface area contributed by atoms with E-state index in [1.165, 1.54) is 30.3 Å². The third kappa shape index (κ3) is 3.24. The largest absolute Gasteiger partial charge is 0.508 e. The van der Waals surface area contributed by atoms with Crippen LogP contribution in [0.5, 0.6) is 34.5 Å². The lowest BCUT2D eigenvalue weighted by atomic mass is 9.80. The van der Waals surface area contributed by atoms with Gasteiger partial charge in [-0.15, -0.1) is 0 Å². The Hall–Kier alpha value is -4.36. The van der Waals surface area contributed by atoms with Gasteiger partial charge in [0.15, 0.2) is 0 Å². The molecule has 4 aromatic carbocycles. The average molecular weight is 470 g/mol. The lowest BCUT2D eigenvalue weighted by Gasteiger charge is -2.27. The van der Waals surface area contributed by atoms with Gasteiger partial charge >= 0.3 is 0 Å². The zero-order valence-corrected chi connectivity index (χ0v) is 18.3. The zero-order chi connectivity index (χ0) is 24.4. The highest BCUT2D eigenvalue weighted by Crippen LogP contribution is 2.60. The predicted molar refractivity (Wildman–Crippen MR) is 126 cm³/mol. The van der Waals surface area contributed by atoms with Gasteiger partial charge in [0.2, 0.25) is 0 Å². The highest BCUT2D eigenvalue weighted by atomic mass is 16.5. The minimum Gasteiger partial charge on any atom is -0.508 e. The molecule has 6 rings (SSSR count). The van der Waals surface area contributed by atoms with Gasteiger partial charge in [-0.25, -0.2) is 0 Å². The Morgan fingerprint density at radius 3 is 1.77 bits per heavy atom. The summed E-state index contributed by atoms with van der Waals surface area (Å²) in [4.78, 5) is 0. The quantitative estimate of drug-likeness (QED) is 0.251. The molecule has 0 saturated carbocycles. The molecular formula is C28H22O7. The number of rotatable bonds is 2. The molecular weight excluding hydrogens is 448 g/mol. The van der Waals surface area contributed by atoms with E-state index in [2.05, 4.69) is 0 Å². The van der Waals surface area contributed by atoms with Gasteiger partial charge in [0.1, 0.15) is 40.6 Å². The third-order valence-corrected chi connectivity index (χ3v) is 6.96. The van der Waals surface area contributed by atoms with Crippen LogP contribution >= 0.6 is 0 Å². The highest BCUT2D eigenvalue weighted by molar-refractivity contribution is 5.65. The van der Waals surface area contributed by atoms with Crippen LogP contribution in [0.15, 0.2) is 72.8 Å². The van der Waals surface area contributed by atoms with Crippen molar-refractivity contribution in [2.45, 2.75) is 24.0 Å². The highest BCUT2D eigenvalue weighted by Gasteiger charge is 2.47. The summed E-state index contributed by atoms with van der Waals surface area (Å²) in [5.74, 6) is -1.15. The van der Waals surface area contributed by atoms with Gasteiger partial charge in [-0.2, -0.15) is 0 Å². The average Bonchev–Trinajstić information content (AvgIpc) is 3.15. The van der Waals surface area contributed by atoms with Crippen molar-refractivity contribution in [1.29, 1.82) is 0 Å². The van der Waals surface area contributed by atoms with Crippen LogP contribution in [-0.2, 0) is 0 Å². The topological polar surface area (TPSA) is 131 Å². The maximum absolute atomic E-state index is 11.7. The lowest BCUT2D eigenvalue weighted by molar-refractivity contribution is 0.157. The molecule has 0 spiro atoms. The van der Waals surface area contributed by atoms with Gasteiger partial charge < -0.3 is 35.4 Å². The molecule has 1 heterocycles. The summed E-state index contributed by atoms with van der Waals surface area (Å²) < 4.78 is 6.29. The number of aliphatic hydroxyl groups is 1. The Balaban J connectivity index is 1.67. The summed E-state index contributed by atoms with van der Waals surface area (Å²) in [7, 11) is 0. The van der Waals surface area contributed by atoms with Crippen LogP contribution < -0.4 is 4.74 Å². The molecule has 2 aliphatic rings. The van der Waals surface area contributed by atoms with Crippen molar-refractivity contribution in [3.63, 3.8) is 0 Å². The van der Waals surface area contributed by atoms with Gasteiger partial charge in [0, 0.05) is 29.2 Å². The second-order valence-electron chi connectivity index (χ2n) is 9.04. The molecule has 0 fully saturated rings. The van der Waals surface area contributed by atoms with E-state index in [-0.39, 0.29) is 28.7 Å². The molecule has 4 aromatic rings. The van der Waals surface area contributed by atoms with Crippen LogP contribution in [-0.4, -0.2) is 30.6 Å². The monoisotopic (exact) mass is 470 g/mol. The molecule has 0 radical (unpaired) electrons. The van der Waals surface area contributed by atoms with Crippen LogP contribution in [0.25, 0.3) is 0 Å². The standard InChI is InChI=1S/C28H22O7/c29-15-5-1-13(2-6-15)23-24-19(9-17(31)11-21(24)33)26-25-20(27(23)34)10-18(32)12-22(25)35-28(26)14-3-7-16(30)8-4-14/h1-12,23,26-34H/t23-,26+,27+,28-/m1/s1. The number of phenols is 5. The van der Waals surface area contributed by atoms with Crippen LogP contribution in [0.1, 0.15) is 57.4 Å². The Morgan fingerprint density at radius 2 is 1.11 bits per heavy atom. The zero-order valence-electron chi connectivity index (χ0n) is 18.3. The van der Waals surface area contributed by atoms with Crippen molar-refractivity contribution in [2.24, 2.45) is 0 Å². The molecule has 4 atom stereocenters. The van der Waals surface area contributed by atoms with E-state index < -0.39 is 24.0 Å². The van der Waals surface area contributed by atoms with E-state index in [1.54, 1.807) is 42.5 Å². The van der Waals surface area contributed by atoms with Crippen LogP contribution in [0.3, 0.4) is 0 Å². The molecule has 0 saturated heterocycles. The number of aliphatic hydroxyl groups excluding tert-OH is 1. The van der Waals surface area contributed by atoms with Crippen molar-refractivity contribution < 1.29 is 35.4 Å². The number of fused-ring (bicyclic) bond motifs is 2. The van der Waals surface area contributed by atoms with Gasteiger partial charge in [0.25, 0.3) is 0 Å². The van der Waals surface area contributed by atoms with Crippen LogP contribution in [0.4, 0.5) is 0 Å². The Bertz CT molecular complexity index is 1440. The first-order chi connectivity index (χ1) is 16.8. The van der Waals surface area contributed by atoms with Crippen molar-refractivity contribution in [3.8, 4) is 34.5 Å². The first-order valence-corrected chi connectivity index (χ1v) is 11.2. The lowest BCUT2D eigenvalue weighted by Crippen LogP contribution is -2.15. The van der Waals surface area contributed by atoms with Crippen molar-refractivity contribution in [2.75, 3.05) is 0 Å². The number of benzene rings is 4. The molecule has 0 aromatic heterocycles. The molecule has 0 amide bonds. The van der Waals surface area contributed by atoms with Crippen molar-refractivity contribution in [3.05, 3.63) is 106 Å². The Kier molecular flexibility index (Phi) is 4.59. The number of phenolic OH excluding ortho intramolecular Hbond substituents is 5. The van der Waals surface area contributed by atoms with Crippen molar-refractivity contribution in [1.82, 2.24) is 0 Å². The SMILES string of the molecule is Oc1ccc([C@@H]2c3c(O)cc(O)cc3[C@H]3c4c(cc(O)cc4[C@@H]2O)O[C@@H]3c2ccc(O)cc2)cc1. The summed E-state index contributed by atoms with van der Waals surface area (Å²) in [6.45, 7) is 0. The van der Waals surface area contributed by atoms with Gasteiger partial charge in [-0.1, -0.05) is 24.3 Å². The van der Waals surface area contributed by atoms with E-state index in [1.807, 2.05) is 0 Å². The summed E-state index contributed by atoms with van der Waals surface area (Å²) >= 11 is 0. The van der Waals surface area contributed by atoms with E-state index in [0.29, 0.717) is 33.6 Å². The molecule has 0 bridgehead atoms. The van der Waals surface area contributed by atoms with Gasteiger partial charge in [0.05, 0.1) is 12.0 Å². The molecule has 7 nitrogen and oxygen atoms in total. The van der Waals surface area contributed by atoms with Gasteiger partial charge in [-0.05, 0) is 58.7 Å². The van der Waals surface area contributed by atoms with E-state index in [9.17, 15) is 30.6 Å². The van der Waals surface area contributed by atoms with E-state index >= 15 is 0 Å². The summed E-state index contributed by atoms with van der Waals surface area (Å²) in [6.07, 6.45) is -1.79. The molecule has 176 valence electrons. The first-order valence-electron chi connectivity index (χ1n) is 11.2. The summed E-state index contributed by atoms with van der Waals surface area (Å²) in [6, 6.07) is 18.7. The fraction of sp³-hybridized carbons (Fsp3) is 0.143. The smallest absolute Gasteiger partial charge is 0.135 e. The number of ether oxygens (including phenoxy) is 1. The molecule has 35 heavy (non-hydrogen) atoms. The van der Waals surface area contributed by atoms with Crippen LogP contribution in [0, 0.1) is 0 Å². The number of aromatic hydroxyl groups is 5. The second kappa shape index (κ2) is 7.58. The Morgan fingerprint density at radius 1 is 0.543 bits per heavy atom. The minimum absolute atomic E-state index is 0.0622. The summed E-state index contributed by atoms with van der Waals surface area (Å²) in [5.41, 5.74) is 3.46. The summed E-state index contributed by atoms with van der Waals surface area (Å²) in [5, 5.41) is 63.3. The van der Waals surface area contributed by atoms with Crippen LogP contribution in [0.2, 0.25) is 0 Å².